The van der Waals surface area contributed by atoms with Gasteiger partial charge in [0.15, 0.2) is 5.57 Å². The van der Waals surface area contributed by atoms with Crippen LogP contribution in [0.3, 0.4) is 0 Å². The Kier molecular flexibility index (Phi) is 5.13. The van der Waals surface area contributed by atoms with Gasteiger partial charge in [-0.05, 0) is 24.9 Å². The van der Waals surface area contributed by atoms with Crippen LogP contribution in [0.2, 0.25) is 0 Å². The highest BCUT2D eigenvalue weighted by molar-refractivity contribution is 7.94. The number of halogens is 4. The lowest BCUT2D eigenvalue weighted by Crippen LogP contribution is -2.41. The summed E-state index contributed by atoms with van der Waals surface area (Å²) in [7, 11) is 5.82. The van der Waals surface area contributed by atoms with Gasteiger partial charge in [-0.25, -0.2) is 4.39 Å². The largest absolute Gasteiger partial charge is 0.413 e. The molecular weight excluding hydrogens is 207 g/mol. The second-order valence-corrected chi connectivity index (χ2v) is 3.43. The fourth-order valence-corrected chi connectivity index (χ4v) is 1.04. The van der Waals surface area contributed by atoms with Gasteiger partial charge in [-0.1, -0.05) is 0 Å². The topological polar surface area (TPSA) is 9.23 Å². The van der Waals surface area contributed by atoms with Gasteiger partial charge in [-0.2, -0.15) is 13.2 Å². The summed E-state index contributed by atoms with van der Waals surface area (Å²) >= 11 is 0.970. The van der Waals surface area contributed by atoms with E-state index in [4.69, 9.17) is 0 Å². The molecule has 0 aliphatic carbocycles. The Morgan fingerprint density at radius 1 is 1.31 bits per heavy atom. The lowest BCUT2D eigenvalue weighted by Gasteiger charge is -2.23. The summed E-state index contributed by atoms with van der Waals surface area (Å²) < 4.78 is 52.6. The third kappa shape index (κ3) is 4.76. The Hall–Kier alpha value is 0.0949. The van der Waals surface area contributed by atoms with Gasteiger partial charge >= 0.3 is 6.18 Å². The Balaban J connectivity index is 3.77. The van der Waals surface area contributed by atoms with Gasteiger partial charge in [0, 0.05) is 5.75 Å². The van der Waals surface area contributed by atoms with Crippen molar-refractivity contribution in [1.29, 1.82) is 0 Å². The Morgan fingerprint density at radius 3 is 2.23 bits per heavy atom. The van der Waals surface area contributed by atoms with Crippen molar-refractivity contribution in [2.24, 2.45) is 0 Å². The summed E-state index contributed by atoms with van der Waals surface area (Å²) in [5.74, 6) is 0.287. The predicted octanol–water partition coefficient (Wildman–Crippen LogP) is 2.46. The lowest BCUT2D eigenvalue weighted by molar-refractivity contribution is -0.200. The molecule has 7 heteroatoms. The van der Waals surface area contributed by atoms with Gasteiger partial charge in [0.25, 0.3) is 0 Å². The SMILES string of the molecule is [B]C(F)(CCCSOC)C(F)(F)F. The molecule has 0 saturated heterocycles. The average Bonchev–Trinajstić information content (AvgIpc) is 1.96. The first-order valence-corrected chi connectivity index (χ1v) is 4.42. The van der Waals surface area contributed by atoms with Gasteiger partial charge in [0.1, 0.15) is 7.85 Å². The van der Waals surface area contributed by atoms with Crippen LogP contribution in [0, 0.1) is 0 Å². The Morgan fingerprint density at radius 2 is 1.85 bits per heavy atom. The molecule has 13 heavy (non-hydrogen) atoms. The molecule has 1 nitrogen and oxygen atoms in total. The Labute approximate surface area is 79.8 Å². The molecule has 0 aromatic heterocycles. The second-order valence-electron chi connectivity index (χ2n) is 2.45. The van der Waals surface area contributed by atoms with Crippen molar-refractivity contribution >= 4 is 19.9 Å². The molecule has 1 unspecified atom stereocenters. The molecule has 0 heterocycles. The van der Waals surface area contributed by atoms with Crippen molar-refractivity contribution in [2.75, 3.05) is 12.9 Å². The summed E-state index contributed by atoms with van der Waals surface area (Å²) in [5.41, 5.74) is -3.58. The van der Waals surface area contributed by atoms with Crippen LogP contribution in [0.1, 0.15) is 12.8 Å². The van der Waals surface area contributed by atoms with Gasteiger partial charge in [-0.3, -0.25) is 0 Å². The summed E-state index contributed by atoms with van der Waals surface area (Å²) in [6, 6.07) is 0. The van der Waals surface area contributed by atoms with E-state index in [1.165, 1.54) is 7.11 Å². The highest BCUT2D eigenvalue weighted by Crippen LogP contribution is 2.35. The molecule has 0 spiro atoms. The quantitative estimate of drug-likeness (QED) is 0.302. The fourth-order valence-electron chi connectivity index (χ4n) is 0.613. The molecule has 0 N–H and O–H groups in total. The zero-order valence-corrected chi connectivity index (χ0v) is 7.84. The van der Waals surface area contributed by atoms with Crippen molar-refractivity contribution in [2.45, 2.75) is 24.6 Å². The van der Waals surface area contributed by atoms with E-state index in [1.807, 2.05) is 0 Å². The average molecular weight is 216 g/mol. The fraction of sp³-hybridized carbons (Fsp3) is 1.00. The molecule has 0 aromatic rings. The van der Waals surface area contributed by atoms with Gasteiger partial charge < -0.3 is 4.18 Å². The first kappa shape index (κ1) is 13.1. The van der Waals surface area contributed by atoms with Crippen molar-refractivity contribution in [1.82, 2.24) is 0 Å². The summed E-state index contributed by atoms with van der Waals surface area (Å²) in [6.07, 6.45) is -5.72. The molecule has 0 aliphatic heterocycles. The third-order valence-corrected chi connectivity index (χ3v) is 2.05. The van der Waals surface area contributed by atoms with Crippen LogP contribution in [0.5, 0.6) is 0 Å². The highest BCUT2D eigenvalue weighted by atomic mass is 32.2. The van der Waals surface area contributed by atoms with E-state index in [2.05, 4.69) is 12.0 Å². The van der Waals surface area contributed by atoms with Crippen molar-refractivity contribution < 1.29 is 21.7 Å². The summed E-state index contributed by atoms with van der Waals surface area (Å²) in [4.78, 5) is 0. The smallest absolute Gasteiger partial charge is 0.319 e. The maximum Gasteiger partial charge on any atom is 0.413 e. The normalized spacial score (nSPS) is 17.0. The number of hydrogen-bond donors (Lipinski definition) is 0. The van der Waals surface area contributed by atoms with Crippen molar-refractivity contribution in [3.05, 3.63) is 0 Å². The van der Waals surface area contributed by atoms with E-state index in [-0.39, 0.29) is 12.2 Å². The van der Waals surface area contributed by atoms with E-state index >= 15 is 0 Å². The van der Waals surface area contributed by atoms with Gasteiger partial charge in [0.05, 0.1) is 7.11 Å². The van der Waals surface area contributed by atoms with Crippen LogP contribution < -0.4 is 0 Å². The van der Waals surface area contributed by atoms with Gasteiger partial charge in [-0.15, -0.1) is 0 Å². The molecule has 0 bridgehead atoms. The molecule has 0 rings (SSSR count). The molecule has 1 atom stereocenters. The number of rotatable bonds is 5. The number of alkyl halides is 4. The summed E-state index contributed by atoms with van der Waals surface area (Å²) in [6.45, 7) is 0. The van der Waals surface area contributed by atoms with Crippen molar-refractivity contribution in [3.63, 3.8) is 0 Å². The van der Waals surface area contributed by atoms with Crippen LogP contribution in [0.15, 0.2) is 0 Å². The van der Waals surface area contributed by atoms with Crippen LogP contribution in [-0.4, -0.2) is 32.5 Å². The minimum absolute atomic E-state index is 0.0189. The van der Waals surface area contributed by atoms with Crippen LogP contribution in [0.4, 0.5) is 17.6 Å². The number of hydrogen-bond acceptors (Lipinski definition) is 2. The maximum atomic E-state index is 12.6. The van der Waals surface area contributed by atoms with Gasteiger partial charge in [0.2, 0.25) is 0 Å². The van der Waals surface area contributed by atoms with Crippen LogP contribution in [-0.2, 0) is 4.18 Å². The first-order valence-electron chi connectivity index (χ1n) is 3.51. The summed E-state index contributed by atoms with van der Waals surface area (Å²) in [5, 5.41) is 0. The van der Waals surface area contributed by atoms with E-state index in [0.717, 1.165) is 12.0 Å². The van der Waals surface area contributed by atoms with Crippen molar-refractivity contribution in [3.8, 4) is 0 Å². The standard InChI is InChI=1S/C6H9BF4OS/c1-12-13-4-2-3-5(7,8)6(9,10)11/h2-4H2,1H3. The van der Waals surface area contributed by atoms with E-state index in [1.54, 1.807) is 0 Å². The zero-order chi connectivity index (χ0) is 10.5. The first-order chi connectivity index (χ1) is 5.81. The molecule has 0 amide bonds. The molecule has 0 fully saturated rings. The minimum atomic E-state index is -5.00. The van der Waals surface area contributed by atoms with E-state index in [0.29, 0.717) is 0 Å². The maximum absolute atomic E-state index is 12.6. The molecule has 2 radical (unpaired) electrons. The molecule has 0 saturated carbocycles. The zero-order valence-electron chi connectivity index (χ0n) is 7.03. The lowest BCUT2D eigenvalue weighted by atomic mass is 9.79. The van der Waals surface area contributed by atoms with E-state index < -0.39 is 18.2 Å². The molecule has 0 aromatic carbocycles. The van der Waals surface area contributed by atoms with Crippen LogP contribution in [0.25, 0.3) is 0 Å². The Bertz CT molecular complexity index is 150. The third-order valence-electron chi connectivity index (χ3n) is 1.36. The van der Waals surface area contributed by atoms with Crippen LogP contribution >= 0.6 is 12.0 Å². The molecule has 76 valence electrons. The predicted molar refractivity (Wildman–Crippen MR) is 44.3 cm³/mol. The molecule has 0 aliphatic rings. The molecular formula is C6H9BF4OS. The van der Waals surface area contributed by atoms with E-state index in [9.17, 15) is 17.6 Å². The monoisotopic (exact) mass is 216 g/mol. The highest BCUT2D eigenvalue weighted by Gasteiger charge is 2.50. The minimum Gasteiger partial charge on any atom is -0.319 e. The second kappa shape index (κ2) is 5.09.